The van der Waals surface area contributed by atoms with Crippen LogP contribution in [-0.4, -0.2) is 51.5 Å². The van der Waals surface area contributed by atoms with Gasteiger partial charge in [0.25, 0.3) is 0 Å². The van der Waals surface area contributed by atoms with E-state index in [-0.39, 0.29) is 0 Å². The Morgan fingerprint density at radius 2 is 1.92 bits per heavy atom. The monoisotopic (exact) mass is 365 g/mol. The van der Waals surface area contributed by atoms with Crippen molar-refractivity contribution < 1.29 is 23.8 Å². The molecule has 144 valence electrons. The highest BCUT2D eigenvalue weighted by molar-refractivity contribution is 6.35. The molecule has 0 unspecified atom stereocenters. The van der Waals surface area contributed by atoms with Gasteiger partial charge in [0.1, 0.15) is 0 Å². The second-order valence-corrected chi connectivity index (χ2v) is 5.29. The molecule has 1 aromatic carbocycles. The number of rotatable bonds is 11. The van der Waals surface area contributed by atoms with E-state index >= 15 is 0 Å². The summed E-state index contributed by atoms with van der Waals surface area (Å²) in [6.07, 6.45) is 2.96. The highest BCUT2D eigenvalue weighted by atomic mass is 16.5. The van der Waals surface area contributed by atoms with Gasteiger partial charge in [-0.25, -0.2) is 5.43 Å². The lowest BCUT2D eigenvalue weighted by Crippen LogP contribution is -2.38. The minimum atomic E-state index is -0.827. The van der Waals surface area contributed by atoms with Crippen molar-refractivity contribution in [2.75, 3.05) is 33.5 Å². The van der Waals surface area contributed by atoms with E-state index in [1.54, 1.807) is 25.3 Å². The normalized spacial score (nSPS) is 10.6. The minimum absolute atomic E-state index is 0.362. The number of hydrogen-bond donors (Lipinski definition) is 2. The molecule has 0 saturated heterocycles. The highest BCUT2D eigenvalue weighted by Gasteiger charge is 2.11. The van der Waals surface area contributed by atoms with Crippen LogP contribution in [0, 0.1) is 0 Å². The zero-order chi connectivity index (χ0) is 19.2. The number of nitrogens with one attached hydrogen (secondary N) is 2. The molecular formula is C18H27N3O5. The van der Waals surface area contributed by atoms with Crippen molar-refractivity contribution in [2.24, 2.45) is 5.10 Å². The summed E-state index contributed by atoms with van der Waals surface area (Å²) in [5.74, 6) is -0.305. The average Bonchev–Trinajstić information content (AvgIpc) is 2.64. The summed E-state index contributed by atoms with van der Waals surface area (Å²) in [4.78, 5) is 23.2. The Morgan fingerprint density at radius 3 is 2.62 bits per heavy atom. The molecule has 0 bridgehead atoms. The fourth-order valence-electron chi connectivity index (χ4n) is 1.92. The molecule has 0 atom stereocenters. The van der Waals surface area contributed by atoms with Crippen LogP contribution in [0.5, 0.6) is 11.5 Å². The second kappa shape index (κ2) is 12.7. The van der Waals surface area contributed by atoms with Crippen molar-refractivity contribution >= 4 is 18.0 Å². The summed E-state index contributed by atoms with van der Waals surface area (Å²) in [6, 6.07) is 5.33. The maximum atomic E-state index is 11.6. The molecule has 0 spiro atoms. The Hall–Kier alpha value is -2.61. The third-order valence-corrected chi connectivity index (χ3v) is 3.13. The van der Waals surface area contributed by atoms with Crippen LogP contribution in [0.25, 0.3) is 0 Å². The van der Waals surface area contributed by atoms with Crippen molar-refractivity contribution in [1.29, 1.82) is 0 Å². The summed E-state index contributed by atoms with van der Waals surface area (Å²) >= 11 is 0. The van der Waals surface area contributed by atoms with Gasteiger partial charge in [-0.3, -0.25) is 9.59 Å². The Morgan fingerprint density at radius 1 is 1.12 bits per heavy atom. The first-order valence-electron chi connectivity index (χ1n) is 8.62. The SMILES string of the molecule is CCCOc1ccc(/C=N\NC(=O)C(=O)NCCCOC)cc1OCC. The topological polar surface area (TPSA) is 98.2 Å². The number of methoxy groups -OCH3 is 1. The lowest BCUT2D eigenvalue weighted by atomic mass is 10.2. The number of hydrogen-bond acceptors (Lipinski definition) is 6. The second-order valence-electron chi connectivity index (χ2n) is 5.29. The third-order valence-electron chi connectivity index (χ3n) is 3.13. The first-order chi connectivity index (χ1) is 12.6. The van der Waals surface area contributed by atoms with Gasteiger partial charge >= 0.3 is 11.8 Å². The van der Waals surface area contributed by atoms with Gasteiger partial charge < -0.3 is 19.5 Å². The lowest BCUT2D eigenvalue weighted by molar-refractivity contribution is -0.139. The molecule has 0 aliphatic heterocycles. The van der Waals surface area contributed by atoms with Crippen LogP contribution in [-0.2, 0) is 14.3 Å². The number of hydrazone groups is 1. The van der Waals surface area contributed by atoms with Crippen molar-refractivity contribution in [3.63, 3.8) is 0 Å². The van der Waals surface area contributed by atoms with E-state index in [0.29, 0.717) is 49.8 Å². The lowest BCUT2D eigenvalue weighted by Gasteiger charge is -2.11. The zero-order valence-corrected chi connectivity index (χ0v) is 15.5. The molecule has 0 aliphatic carbocycles. The smallest absolute Gasteiger partial charge is 0.329 e. The highest BCUT2D eigenvalue weighted by Crippen LogP contribution is 2.28. The predicted molar refractivity (Wildman–Crippen MR) is 98.6 cm³/mol. The fraction of sp³-hybridized carbons (Fsp3) is 0.500. The molecule has 8 nitrogen and oxygen atoms in total. The fourth-order valence-corrected chi connectivity index (χ4v) is 1.92. The van der Waals surface area contributed by atoms with Gasteiger partial charge in [0.2, 0.25) is 0 Å². The number of benzene rings is 1. The molecule has 0 heterocycles. The molecule has 26 heavy (non-hydrogen) atoms. The van der Waals surface area contributed by atoms with Crippen molar-refractivity contribution in [3.8, 4) is 11.5 Å². The Balaban J connectivity index is 2.57. The van der Waals surface area contributed by atoms with Crippen LogP contribution in [0.3, 0.4) is 0 Å². The first-order valence-corrected chi connectivity index (χ1v) is 8.62. The number of carbonyl (C=O) groups excluding carboxylic acids is 2. The van der Waals surface area contributed by atoms with E-state index in [0.717, 1.165) is 6.42 Å². The molecular weight excluding hydrogens is 338 g/mol. The molecule has 0 aromatic heterocycles. The zero-order valence-electron chi connectivity index (χ0n) is 15.5. The third kappa shape index (κ3) is 7.98. The maximum absolute atomic E-state index is 11.6. The summed E-state index contributed by atoms with van der Waals surface area (Å²) < 4.78 is 16.0. The summed E-state index contributed by atoms with van der Waals surface area (Å²) in [5.41, 5.74) is 2.89. The average molecular weight is 365 g/mol. The van der Waals surface area contributed by atoms with Crippen molar-refractivity contribution in [1.82, 2.24) is 10.7 Å². The number of amides is 2. The number of ether oxygens (including phenoxy) is 3. The molecule has 2 amide bonds. The quantitative estimate of drug-likeness (QED) is 0.268. The van der Waals surface area contributed by atoms with Gasteiger partial charge in [-0.05, 0) is 43.5 Å². The van der Waals surface area contributed by atoms with Gasteiger partial charge in [0.05, 0.1) is 19.4 Å². The standard InChI is InChI=1S/C18H27N3O5/c1-4-10-26-15-8-7-14(12-16(15)25-5-2)13-20-21-18(23)17(22)19-9-6-11-24-3/h7-8,12-13H,4-6,9-11H2,1-3H3,(H,19,22)(H,21,23)/b20-13-. The van der Waals surface area contributed by atoms with E-state index in [1.807, 2.05) is 13.8 Å². The van der Waals surface area contributed by atoms with Crippen LogP contribution < -0.4 is 20.2 Å². The largest absolute Gasteiger partial charge is 0.490 e. The van der Waals surface area contributed by atoms with Gasteiger partial charge in [0, 0.05) is 20.3 Å². The summed E-state index contributed by atoms with van der Waals surface area (Å²) in [5, 5.41) is 6.27. The van der Waals surface area contributed by atoms with E-state index < -0.39 is 11.8 Å². The Labute approximate surface area is 153 Å². The molecule has 8 heteroatoms. The van der Waals surface area contributed by atoms with Gasteiger partial charge in [-0.15, -0.1) is 0 Å². The Bertz CT molecular complexity index is 604. The minimum Gasteiger partial charge on any atom is -0.490 e. The Kier molecular flexibility index (Phi) is 10.5. The van der Waals surface area contributed by atoms with E-state index in [9.17, 15) is 9.59 Å². The predicted octanol–water partition coefficient (Wildman–Crippen LogP) is 1.48. The molecule has 0 saturated carbocycles. The van der Waals surface area contributed by atoms with Crippen LogP contribution >= 0.6 is 0 Å². The molecule has 0 aliphatic rings. The van der Waals surface area contributed by atoms with Crippen LogP contribution in [0.4, 0.5) is 0 Å². The number of nitrogens with zero attached hydrogens (tertiary/aromatic N) is 1. The maximum Gasteiger partial charge on any atom is 0.329 e. The van der Waals surface area contributed by atoms with Crippen LogP contribution in [0.15, 0.2) is 23.3 Å². The summed E-state index contributed by atoms with van der Waals surface area (Å²) in [6.45, 7) is 5.89. The molecule has 1 aromatic rings. The van der Waals surface area contributed by atoms with E-state index in [4.69, 9.17) is 14.2 Å². The summed E-state index contributed by atoms with van der Waals surface area (Å²) in [7, 11) is 1.57. The molecule has 0 radical (unpaired) electrons. The van der Waals surface area contributed by atoms with Gasteiger partial charge in [0.15, 0.2) is 11.5 Å². The molecule has 2 N–H and O–H groups in total. The van der Waals surface area contributed by atoms with E-state index in [2.05, 4.69) is 15.8 Å². The van der Waals surface area contributed by atoms with Crippen molar-refractivity contribution in [2.45, 2.75) is 26.7 Å². The first kappa shape index (κ1) is 21.4. The van der Waals surface area contributed by atoms with Crippen LogP contribution in [0.2, 0.25) is 0 Å². The number of carbonyl (C=O) groups is 2. The van der Waals surface area contributed by atoms with Crippen LogP contribution in [0.1, 0.15) is 32.3 Å². The molecule has 0 fully saturated rings. The van der Waals surface area contributed by atoms with E-state index in [1.165, 1.54) is 6.21 Å². The van der Waals surface area contributed by atoms with Crippen molar-refractivity contribution in [3.05, 3.63) is 23.8 Å². The molecule has 1 rings (SSSR count). The van der Waals surface area contributed by atoms with Gasteiger partial charge in [-0.1, -0.05) is 6.92 Å². The van der Waals surface area contributed by atoms with Gasteiger partial charge in [-0.2, -0.15) is 5.10 Å².